The second kappa shape index (κ2) is 9.75. The fraction of sp³-hybridized carbons (Fsp3) is 0.867. The van der Waals surface area contributed by atoms with Crippen LogP contribution >= 0.6 is 0 Å². The predicted molar refractivity (Wildman–Crippen MR) is 76.5 cm³/mol. The molecule has 1 amide bonds. The van der Waals surface area contributed by atoms with Crippen LogP contribution in [-0.2, 0) is 14.3 Å². The van der Waals surface area contributed by atoms with E-state index >= 15 is 0 Å². The number of unbranched alkanes of at least 4 members (excludes halogenated alkanes) is 3. The van der Waals surface area contributed by atoms with Crippen LogP contribution in [0.15, 0.2) is 0 Å². The van der Waals surface area contributed by atoms with Crippen molar-refractivity contribution in [2.75, 3.05) is 6.54 Å². The van der Waals surface area contributed by atoms with Crippen LogP contribution in [0.4, 0.5) is 0 Å². The Balaban J connectivity index is 1.89. The summed E-state index contributed by atoms with van der Waals surface area (Å²) in [5.74, 6) is -0.638. The van der Waals surface area contributed by atoms with Crippen LogP contribution in [0.2, 0.25) is 0 Å². The second-order valence-corrected chi connectivity index (χ2v) is 5.59. The minimum Gasteiger partial charge on any atom is -0.481 e. The lowest BCUT2D eigenvalue weighted by Crippen LogP contribution is -2.25. The minimum absolute atomic E-state index is 0.0960. The molecule has 116 valence electrons. The third-order valence-electron chi connectivity index (χ3n) is 3.65. The third-order valence-corrected chi connectivity index (χ3v) is 3.65. The van der Waals surface area contributed by atoms with Gasteiger partial charge in [0.25, 0.3) is 0 Å². The lowest BCUT2D eigenvalue weighted by atomic mass is 10.1. The van der Waals surface area contributed by atoms with E-state index in [1.165, 1.54) is 0 Å². The van der Waals surface area contributed by atoms with Gasteiger partial charge >= 0.3 is 5.97 Å². The SMILES string of the molecule is C[C@H]1CC[C@H](CCC(=O)NCCCCCCC(=O)O)O1. The van der Waals surface area contributed by atoms with Crippen molar-refractivity contribution in [1.82, 2.24) is 5.32 Å². The molecule has 5 nitrogen and oxygen atoms in total. The van der Waals surface area contributed by atoms with Gasteiger partial charge in [-0.2, -0.15) is 0 Å². The standard InChI is InChI=1S/C15H27NO4/c1-12-7-8-13(20-12)9-10-14(17)16-11-5-3-2-4-6-15(18)19/h12-13H,2-11H2,1H3,(H,16,17)(H,18,19)/t12-,13+/m0/s1. The molecule has 0 aliphatic carbocycles. The van der Waals surface area contributed by atoms with Crippen molar-refractivity contribution in [3.8, 4) is 0 Å². The van der Waals surface area contributed by atoms with Crippen molar-refractivity contribution >= 4 is 11.9 Å². The molecule has 1 saturated heterocycles. The summed E-state index contributed by atoms with van der Waals surface area (Å²) in [6.45, 7) is 2.76. The zero-order chi connectivity index (χ0) is 14.8. The van der Waals surface area contributed by atoms with Gasteiger partial charge < -0.3 is 15.2 Å². The molecular weight excluding hydrogens is 258 g/mol. The summed E-state index contributed by atoms with van der Waals surface area (Å²) in [5, 5.41) is 11.4. The number of nitrogens with one attached hydrogen (secondary N) is 1. The first-order chi connectivity index (χ1) is 9.58. The quantitative estimate of drug-likeness (QED) is 0.605. The summed E-state index contributed by atoms with van der Waals surface area (Å²) in [6, 6.07) is 0. The Labute approximate surface area is 121 Å². The highest BCUT2D eigenvalue weighted by molar-refractivity contribution is 5.75. The van der Waals surface area contributed by atoms with Crippen LogP contribution in [0.1, 0.15) is 64.7 Å². The van der Waals surface area contributed by atoms with Crippen LogP contribution in [0.25, 0.3) is 0 Å². The van der Waals surface area contributed by atoms with Gasteiger partial charge in [0.1, 0.15) is 0 Å². The first-order valence-electron chi connectivity index (χ1n) is 7.72. The lowest BCUT2D eigenvalue weighted by molar-refractivity contribution is -0.137. The van der Waals surface area contributed by atoms with Gasteiger partial charge in [-0.25, -0.2) is 0 Å². The second-order valence-electron chi connectivity index (χ2n) is 5.59. The van der Waals surface area contributed by atoms with Crippen molar-refractivity contribution < 1.29 is 19.4 Å². The zero-order valence-electron chi connectivity index (χ0n) is 12.4. The summed E-state index contributed by atoms with van der Waals surface area (Å²) in [6.07, 6.45) is 7.88. The number of carbonyl (C=O) groups excluding carboxylic acids is 1. The molecule has 1 rings (SSSR count). The van der Waals surface area contributed by atoms with Crippen LogP contribution in [0, 0.1) is 0 Å². The van der Waals surface area contributed by atoms with E-state index in [0.29, 0.717) is 19.1 Å². The van der Waals surface area contributed by atoms with Crippen LogP contribution in [-0.4, -0.2) is 35.7 Å². The molecule has 0 saturated carbocycles. The van der Waals surface area contributed by atoms with Crippen LogP contribution in [0.3, 0.4) is 0 Å². The number of carbonyl (C=O) groups is 2. The fourth-order valence-electron chi connectivity index (χ4n) is 2.46. The molecule has 1 aliphatic heterocycles. The number of ether oxygens (including phenoxy) is 1. The van der Waals surface area contributed by atoms with Gasteiger partial charge in [0.2, 0.25) is 5.91 Å². The summed E-state index contributed by atoms with van der Waals surface area (Å²) in [4.78, 5) is 21.9. The number of aliphatic carboxylic acids is 1. The summed E-state index contributed by atoms with van der Waals surface area (Å²) in [7, 11) is 0. The number of rotatable bonds is 10. The van der Waals surface area contributed by atoms with E-state index in [2.05, 4.69) is 12.2 Å². The third kappa shape index (κ3) is 8.15. The summed E-state index contributed by atoms with van der Waals surface area (Å²) >= 11 is 0. The molecule has 0 spiro atoms. The highest BCUT2D eigenvalue weighted by atomic mass is 16.5. The van der Waals surface area contributed by atoms with Gasteiger partial charge in [-0.15, -0.1) is 0 Å². The topological polar surface area (TPSA) is 75.6 Å². The highest BCUT2D eigenvalue weighted by Crippen LogP contribution is 2.22. The molecule has 0 unspecified atom stereocenters. The number of carboxylic acids is 1. The van der Waals surface area contributed by atoms with Crippen LogP contribution in [0.5, 0.6) is 0 Å². The Kier molecular flexibility index (Phi) is 8.26. The molecule has 1 aliphatic rings. The number of amides is 1. The van der Waals surface area contributed by atoms with E-state index in [1.54, 1.807) is 0 Å². The van der Waals surface area contributed by atoms with Gasteiger partial charge in [-0.1, -0.05) is 12.8 Å². The van der Waals surface area contributed by atoms with Crippen molar-refractivity contribution in [2.24, 2.45) is 0 Å². The Bertz CT molecular complexity index is 306. The summed E-state index contributed by atoms with van der Waals surface area (Å²) in [5.41, 5.74) is 0. The van der Waals surface area contributed by atoms with Gasteiger partial charge in [-0.05, 0) is 39.0 Å². The predicted octanol–water partition coefficient (Wildman–Crippen LogP) is 2.49. The monoisotopic (exact) mass is 285 g/mol. The van der Waals surface area contributed by atoms with E-state index < -0.39 is 5.97 Å². The normalized spacial score (nSPS) is 21.9. The van der Waals surface area contributed by atoms with Crippen molar-refractivity contribution in [1.29, 1.82) is 0 Å². The average Bonchev–Trinajstić information content (AvgIpc) is 2.81. The Morgan fingerprint density at radius 1 is 1.15 bits per heavy atom. The minimum atomic E-state index is -0.734. The molecule has 20 heavy (non-hydrogen) atoms. The van der Waals surface area contributed by atoms with E-state index in [-0.39, 0.29) is 18.4 Å². The Morgan fingerprint density at radius 2 is 1.90 bits per heavy atom. The maximum atomic E-state index is 11.6. The largest absolute Gasteiger partial charge is 0.481 e. The molecule has 1 fully saturated rings. The number of hydrogen-bond acceptors (Lipinski definition) is 3. The molecular formula is C15H27NO4. The van der Waals surface area contributed by atoms with E-state index in [9.17, 15) is 9.59 Å². The Hall–Kier alpha value is -1.10. The molecule has 5 heteroatoms. The van der Waals surface area contributed by atoms with Gasteiger partial charge in [0.15, 0.2) is 0 Å². The lowest BCUT2D eigenvalue weighted by Gasteiger charge is -2.10. The highest BCUT2D eigenvalue weighted by Gasteiger charge is 2.21. The zero-order valence-corrected chi connectivity index (χ0v) is 12.4. The Morgan fingerprint density at radius 3 is 2.55 bits per heavy atom. The first-order valence-corrected chi connectivity index (χ1v) is 7.72. The van der Waals surface area contributed by atoms with E-state index in [1.807, 2.05) is 0 Å². The van der Waals surface area contributed by atoms with Gasteiger partial charge in [-0.3, -0.25) is 9.59 Å². The maximum Gasteiger partial charge on any atom is 0.303 e. The molecule has 0 aromatic carbocycles. The maximum absolute atomic E-state index is 11.6. The molecule has 0 bridgehead atoms. The molecule has 1 heterocycles. The van der Waals surface area contributed by atoms with Crippen molar-refractivity contribution in [3.05, 3.63) is 0 Å². The fourth-order valence-corrected chi connectivity index (χ4v) is 2.46. The molecule has 0 aromatic heterocycles. The van der Waals surface area contributed by atoms with Crippen molar-refractivity contribution in [2.45, 2.75) is 76.9 Å². The van der Waals surface area contributed by atoms with Crippen LogP contribution < -0.4 is 5.32 Å². The molecule has 0 aromatic rings. The van der Waals surface area contributed by atoms with Crippen molar-refractivity contribution in [3.63, 3.8) is 0 Å². The smallest absolute Gasteiger partial charge is 0.303 e. The number of hydrogen-bond donors (Lipinski definition) is 2. The first kappa shape index (κ1) is 17.0. The van der Waals surface area contributed by atoms with E-state index in [4.69, 9.17) is 9.84 Å². The molecule has 2 atom stereocenters. The molecule has 0 radical (unpaired) electrons. The summed E-state index contributed by atoms with van der Waals surface area (Å²) < 4.78 is 5.67. The molecule has 2 N–H and O–H groups in total. The average molecular weight is 285 g/mol. The van der Waals surface area contributed by atoms with Gasteiger partial charge in [0, 0.05) is 19.4 Å². The van der Waals surface area contributed by atoms with E-state index in [0.717, 1.165) is 44.9 Å². The number of carboxylic acid groups (broad SMARTS) is 1. The van der Waals surface area contributed by atoms with Gasteiger partial charge in [0.05, 0.1) is 12.2 Å².